The minimum atomic E-state index is -1.08. The van der Waals surface area contributed by atoms with Crippen LogP contribution in [-0.2, 0) is 17.9 Å². The van der Waals surface area contributed by atoms with Gasteiger partial charge in [-0.05, 0) is 44.7 Å². The van der Waals surface area contributed by atoms with Gasteiger partial charge in [0.05, 0.1) is 22.1 Å². The fourth-order valence-electron chi connectivity index (χ4n) is 7.23. The normalized spacial score (nSPS) is 16.7. The van der Waals surface area contributed by atoms with Crippen LogP contribution in [0.5, 0.6) is 0 Å². The zero-order chi connectivity index (χ0) is 34.0. The number of aliphatic carboxylic acids is 1. The maximum absolute atomic E-state index is 8.89. The first-order chi connectivity index (χ1) is 23.5. The second-order valence-corrected chi connectivity index (χ2v) is 13.7. The second-order valence-electron chi connectivity index (χ2n) is 13.7. The molecule has 48 heavy (non-hydrogen) atoms. The third-order valence-electron chi connectivity index (χ3n) is 9.78. The number of aromatic nitrogens is 2. The van der Waals surface area contributed by atoms with E-state index in [9.17, 15) is 0 Å². The van der Waals surface area contributed by atoms with Crippen molar-refractivity contribution in [1.29, 1.82) is 0 Å². The van der Waals surface area contributed by atoms with Crippen molar-refractivity contribution < 1.29 is 19.0 Å². The molecule has 2 aliphatic rings. The van der Waals surface area contributed by atoms with Crippen LogP contribution in [-0.4, -0.2) is 19.1 Å². The van der Waals surface area contributed by atoms with Crippen molar-refractivity contribution in [2.24, 2.45) is 0 Å². The molecule has 0 saturated carbocycles. The summed E-state index contributed by atoms with van der Waals surface area (Å²) >= 11 is 0. The molecule has 4 aromatic rings. The largest absolute Gasteiger partial charge is 0.550 e. The summed E-state index contributed by atoms with van der Waals surface area (Å²) in [4.78, 5) is 8.89. The van der Waals surface area contributed by atoms with Crippen molar-refractivity contribution in [2.45, 2.75) is 137 Å². The van der Waals surface area contributed by atoms with E-state index in [-0.39, 0.29) is 0 Å². The lowest BCUT2D eigenvalue weighted by molar-refractivity contribution is -0.678. The first-order valence-corrected chi connectivity index (χ1v) is 19.0. The number of fused-ring (bicyclic) bond motifs is 22. The highest BCUT2D eigenvalue weighted by Crippen LogP contribution is 2.24. The van der Waals surface area contributed by atoms with Crippen LogP contribution in [0.3, 0.4) is 0 Å². The molecule has 0 saturated heterocycles. The van der Waals surface area contributed by atoms with E-state index < -0.39 is 5.97 Å². The van der Waals surface area contributed by atoms with Crippen molar-refractivity contribution in [3.8, 4) is 0 Å². The fraction of sp³-hybridized carbons (Fsp3) is 0.548. The molecule has 4 heterocycles. The predicted molar refractivity (Wildman–Crippen MR) is 199 cm³/mol. The molecule has 6 heteroatoms. The molecule has 4 bridgehead atoms. The Hall–Kier alpha value is -3.67. The molecule has 0 fully saturated rings. The van der Waals surface area contributed by atoms with Crippen LogP contribution >= 0.6 is 0 Å². The molecule has 6 rings (SSSR count). The first-order valence-electron chi connectivity index (χ1n) is 19.0. The van der Waals surface area contributed by atoms with Crippen molar-refractivity contribution in [2.75, 3.05) is 23.7 Å². The molecule has 0 radical (unpaired) electrons. The number of benzene rings is 2. The third kappa shape index (κ3) is 11.8. The molecule has 0 aliphatic carbocycles. The van der Waals surface area contributed by atoms with E-state index in [0.717, 1.165) is 33.1 Å². The summed E-state index contributed by atoms with van der Waals surface area (Å²) in [6, 6.07) is 22.7. The summed E-state index contributed by atoms with van der Waals surface area (Å²) in [5, 5.41) is 19.2. The highest BCUT2D eigenvalue weighted by Gasteiger charge is 2.17. The van der Waals surface area contributed by atoms with E-state index in [1.54, 1.807) is 0 Å². The van der Waals surface area contributed by atoms with Crippen molar-refractivity contribution in [3.63, 3.8) is 0 Å². The number of aryl methyl sites for hydroxylation is 4. The van der Waals surface area contributed by atoms with Gasteiger partial charge in [-0.2, -0.15) is 9.13 Å². The lowest BCUT2D eigenvalue weighted by atomic mass is 10.1. The number of carboxylic acids is 1. The summed E-state index contributed by atoms with van der Waals surface area (Å²) in [6.45, 7) is 9.90. The molecule has 0 atom stereocenters. The number of para-hydroxylation sites is 2. The lowest BCUT2D eigenvalue weighted by Crippen LogP contribution is -2.38. The Labute approximate surface area is 290 Å². The Bertz CT molecular complexity index is 1450. The van der Waals surface area contributed by atoms with Crippen LogP contribution in [0.1, 0.15) is 121 Å². The van der Waals surface area contributed by atoms with Gasteiger partial charge in [0.1, 0.15) is 13.1 Å². The van der Waals surface area contributed by atoms with Gasteiger partial charge >= 0.3 is 0 Å². The van der Waals surface area contributed by atoms with Gasteiger partial charge in [-0.3, -0.25) is 0 Å². The molecule has 0 spiro atoms. The van der Waals surface area contributed by atoms with Crippen LogP contribution in [0.4, 0.5) is 11.4 Å². The molecular formula is C42H61N4O2+. The van der Waals surface area contributed by atoms with E-state index >= 15 is 0 Å². The van der Waals surface area contributed by atoms with Crippen LogP contribution in [0.15, 0.2) is 60.7 Å². The Kier molecular flexibility index (Phi) is 16.0. The predicted octanol–water partition coefficient (Wildman–Crippen LogP) is 8.72. The fourth-order valence-corrected chi connectivity index (χ4v) is 7.23. The summed E-state index contributed by atoms with van der Waals surface area (Å²) in [7, 11) is 0. The zero-order valence-corrected chi connectivity index (χ0v) is 30.1. The first kappa shape index (κ1) is 37.2. The number of hydrogen-bond donors (Lipinski definition) is 2. The zero-order valence-electron chi connectivity index (χ0n) is 30.1. The van der Waals surface area contributed by atoms with Crippen molar-refractivity contribution in [3.05, 3.63) is 72.1 Å². The van der Waals surface area contributed by atoms with E-state index in [1.165, 1.54) is 147 Å². The van der Waals surface area contributed by atoms with E-state index in [1.807, 2.05) is 0 Å². The highest BCUT2D eigenvalue weighted by atomic mass is 16.4. The van der Waals surface area contributed by atoms with Gasteiger partial charge in [-0.25, -0.2) is 0 Å². The SMILES string of the molecule is CC(=O)[O-].Cc1cc2c3ccccc3[n+]1CCCCCCCCCC[n+]1c(C)cc(c3ccccc31)NCCCCCCCCCCN2. The standard InChI is InChI=1S/C40H56N4.C2H4O2/c1-33-31-37-35-23-15-17-25-39(35)43(33)29-21-13-9-5-6-10-14-22-30-44-34(2)32-38(36-24-16-18-26-40(36)44)42-28-20-12-8-4-3-7-11-19-27-41-37;1-2(3)4/h15-18,23-26,31-32H,3-14,19-22,27-30H2,1-2H3;1H3,(H,3,4)/p+1. The molecule has 2 N–H and O–H groups in total. The van der Waals surface area contributed by atoms with Crippen LogP contribution in [0.2, 0.25) is 0 Å². The maximum Gasteiger partial charge on any atom is 0.214 e. The number of rotatable bonds is 0. The number of pyridine rings is 2. The summed E-state index contributed by atoms with van der Waals surface area (Å²) in [6.07, 6.45) is 21.2. The van der Waals surface area contributed by atoms with Crippen molar-refractivity contribution >= 4 is 39.1 Å². The minimum Gasteiger partial charge on any atom is -0.550 e. The molecule has 0 amide bonds. The maximum atomic E-state index is 8.89. The van der Waals surface area contributed by atoms with Crippen LogP contribution in [0.25, 0.3) is 21.8 Å². The van der Waals surface area contributed by atoms with E-state index in [0.29, 0.717) is 0 Å². The van der Waals surface area contributed by atoms with E-state index in [2.05, 4.69) is 94.3 Å². The van der Waals surface area contributed by atoms with Gasteiger partial charge in [-0.15, -0.1) is 0 Å². The van der Waals surface area contributed by atoms with Gasteiger partial charge in [0, 0.05) is 70.0 Å². The molecular weight excluding hydrogens is 592 g/mol. The number of nitrogens with zero attached hydrogens (tertiary/aromatic N) is 2. The summed E-state index contributed by atoms with van der Waals surface area (Å²) in [5.74, 6) is -1.08. The Morgan fingerprint density at radius 1 is 0.542 bits per heavy atom. The van der Waals surface area contributed by atoms with Gasteiger partial charge in [0.2, 0.25) is 11.0 Å². The van der Waals surface area contributed by atoms with Gasteiger partial charge in [0.25, 0.3) is 0 Å². The van der Waals surface area contributed by atoms with Crippen LogP contribution in [0, 0.1) is 13.8 Å². The summed E-state index contributed by atoms with van der Waals surface area (Å²) in [5.41, 5.74) is 8.11. The second kappa shape index (κ2) is 20.6. The Balaban J connectivity index is 0.00000123. The van der Waals surface area contributed by atoms with Gasteiger partial charge in [0.15, 0.2) is 11.4 Å². The Morgan fingerprint density at radius 3 is 1.23 bits per heavy atom. The molecule has 2 aliphatic heterocycles. The number of carbonyl (C=O) groups excluding carboxylic acids is 1. The quantitative estimate of drug-likeness (QED) is 0.186. The molecule has 6 nitrogen and oxygen atoms in total. The third-order valence-corrected chi connectivity index (χ3v) is 9.78. The minimum absolute atomic E-state index is 0.972. The molecule has 0 unspecified atom stereocenters. The van der Waals surface area contributed by atoms with Crippen molar-refractivity contribution in [1.82, 2.24) is 0 Å². The number of carboxylic acid groups (broad SMARTS) is 1. The van der Waals surface area contributed by atoms with E-state index in [4.69, 9.17) is 9.90 Å². The number of hydrogen-bond acceptors (Lipinski definition) is 4. The average molecular weight is 654 g/mol. The number of nitrogens with one attached hydrogen (secondary N) is 2. The van der Waals surface area contributed by atoms with Gasteiger partial charge in [-0.1, -0.05) is 88.5 Å². The topological polar surface area (TPSA) is 72.0 Å². The number of anilines is 2. The van der Waals surface area contributed by atoms with Gasteiger partial charge < -0.3 is 20.5 Å². The molecule has 2 aromatic heterocycles. The molecule has 2 aromatic carbocycles. The highest BCUT2D eigenvalue weighted by molar-refractivity contribution is 5.90. The smallest absolute Gasteiger partial charge is 0.214 e. The molecule has 260 valence electrons. The summed E-state index contributed by atoms with van der Waals surface area (Å²) < 4.78 is 5.09. The number of carbonyl (C=O) groups is 1. The Morgan fingerprint density at radius 2 is 0.854 bits per heavy atom. The lowest BCUT2D eigenvalue weighted by Gasteiger charge is -2.12. The monoisotopic (exact) mass is 653 g/mol. The average Bonchev–Trinajstić information content (AvgIpc) is 3.07. The van der Waals surface area contributed by atoms with Crippen LogP contribution < -0.4 is 24.9 Å².